The van der Waals surface area contributed by atoms with Crippen molar-refractivity contribution in [2.75, 3.05) is 6.54 Å². The summed E-state index contributed by atoms with van der Waals surface area (Å²) in [7, 11) is 0. The molecule has 2 fully saturated rings. The Morgan fingerprint density at radius 1 is 1.07 bits per heavy atom. The quantitative estimate of drug-likeness (QED) is 0.247. The molecule has 3 aromatic rings. The molecule has 1 aromatic heterocycles. The van der Waals surface area contributed by atoms with Crippen molar-refractivity contribution in [3.8, 4) is 0 Å². The Morgan fingerprint density at radius 3 is 2.24 bits per heavy atom. The lowest BCUT2D eigenvalue weighted by Crippen LogP contribution is -2.75. The lowest BCUT2D eigenvalue weighted by molar-refractivity contribution is -0.156. The minimum Gasteiger partial charge on any atom is -0.481 e. The Labute approximate surface area is 253 Å². The second kappa shape index (κ2) is 12.2. The molecule has 3 unspecified atom stereocenters. The number of pyridine rings is 1. The van der Waals surface area contributed by atoms with Crippen LogP contribution in [0, 0.1) is 5.41 Å². The van der Waals surface area contributed by atoms with Gasteiger partial charge in [-0.2, -0.15) is 0 Å². The van der Waals surface area contributed by atoms with E-state index in [0.29, 0.717) is 0 Å². The van der Waals surface area contributed by atoms with Crippen molar-refractivity contribution in [3.63, 3.8) is 0 Å². The van der Waals surface area contributed by atoms with Crippen molar-refractivity contribution >= 4 is 41.5 Å². The van der Waals surface area contributed by atoms with E-state index in [0.717, 1.165) is 16.2 Å². The largest absolute Gasteiger partial charge is 0.481 e. The molecule has 0 aliphatic carbocycles. The number of nitrogens with zero attached hydrogens (tertiary/aromatic N) is 2. The SMILES string of the molecule is CC(C)(C)OC(=O)NC1C(=O)N2CC(C=CSc3ccccn3)(C(=O)O)C(C(c3ccccc3)c3ccccc3)S[C@H]12. The highest BCUT2D eigenvalue weighted by atomic mass is 32.2. The second-order valence-electron chi connectivity index (χ2n) is 11.3. The van der Waals surface area contributed by atoms with Crippen molar-refractivity contribution in [2.45, 2.75) is 54.0 Å². The number of aliphatic carboxylic acids is 1. The highest BCUT2D eigenvalue weighted by molar-refractivity contribution is 8.02. The van der Waals surface area contributed by atoms with Crippen LogP contribution in [0.5, 0.6) is 0 Å². The van der Waals surface area contributed by atoms with E-state index in [-0.39, 0.29) is 18.4 Å². The van der Waals surface area contributed by atoms with E-state index in [4.69, 9.17) is 4.74 Å². The van der Waals surface area contributed by atoms with Crippen LogP contribution >= 0.6 is 23.5 Å². The predicted octanol–water partition coefficient (Wildman–Crippen LogP) is 5.77. The number of nitrogens with one attached hydrogen (secondary N) is 1. The van der Waals surface area contributed by atoms with Crippen molar-refractivity contribution < 1.29 is 24.2 Å². The lowest BCUT2D eigenvalue weighted by Gasteiger charge is -2.57. The zero-order chi connectivity index (χ0) is 29.9. The number of carbonyl (C=O) groups excluding carboxylic acids is 2. The third kappa shape index (κ3) is 6.19. The molecule has 2 aromatic carbocycles. The molecule has 8 nitrogen and oxygen atoms in total. The van der Waals surface area contributed by atoms with E-state index in [2.05, 4.69) is 10.3 Å². The Hall–Kier alpha value is -3.76. The van der Waals surface area contributed by atoms with Crippen LogP contribution < -0.4 is 5.32 Å². The Morgan fingerprint density at radius 2 is 1.69 bits per heavy atom. The maximum Gasteiger partial charge on any atom is 0.408 e. The molecule has 2 amide bonds. The van der Waals surface area contributed by atoms with Crippen LogP contribution in [0.25, 0.3) is 0 Å². The van der Waals surface area contributed by atoms with Crippen LogP contribution in [-0.4, -0.2) is 61.8 Å². The number of carboxylic acids is 1. The van der Waals surface area contributed by atoms with E-state index < -0.39 is 39.7 Å². The number of carbonyl (C=O) groups is 3. The molecule has 2 N–H and O–H groups in total. The van der Waals surface area contributed by atoms with Gasteiger partial charge < -0.3 is 20.1 Å². The number of ether oxygens (including phenoxy) is 1. The topological polar surface area (TPSA) is 109 Å². The minimum absolute atomic E-state index is 0.0363. The van der Waals surface area contributed by atoms with E-state index in [9.17, 15) is 19.5 Å². The van der Waals surface area contributed by atoms with Crippen LogP contribution in [-0.2, 0) is 14.3 Å². The first-order valence-electron chi connectivity index (χ1n) is 13.6. The summed E-state index contributed by atoms with van der Waals surface area (Å²) in [6.45, 7) is 5.24. The van der Waals surface area contributed by atoms with Gasteiger partial charge in [-0.25, -0.2) is 9.78 Å². The number of alkyl carbamates (subject to hydrolysis) is 1. The highest BCUT2D eigenvalue weighted by Gasteiger charge is 2.62. The van der Waals surface area contributed by atoms with Gasteiger partial charge in [0.05, 0.1) is 0 Å². The molecule has 3 heterocycles. The van der Waals surface area contributed by atoms with Gasteiger partial charge in [0.2, 0.25) is 5.91 Å². The molecule has 10 heteroatoms. The Balaban J connectivity index is 1.56. The zero-order valence-electron chi connectivity index (χ0n) is 23.5. The first-order chi connectivity index (χ1) is 20.1. The summed E-state index contributed by atoms with van der Waals surface area (Å²) in [4.78, 5) is 45.2. The minimum atomic E-state index is -1.44. The first-order valence-corrected chi connectivity index (χ1v) is 15.5. The van der Waals surface area contributed by atoms with E-state index in [1.54, 1.807) is 43.4 Å². The molecule has 2 aliphatic heterocycles. The smallest absolute Gasteiger partial charge is 0.408 e. The molecular weight excluding hydrogens is 571 g/mol. The number of thioether (sulfide) groups is 2. The van der Waals surface area contributed by atoms with E-state index >= 15 is 0 Å². The zero-order valence-corrected chi connectivity index (χ0v) is 25.2. The Bertz CT molecular complexity index is 1410. The average Bonchev–Trinajstić information content (AvgIpc) is 2.97. The van der Waals surface area contributed by atoms with Gasteiger partial charge in [-0.1, -0.05) is 84.6 Å². The first kappa shape index (κ1) is 29.7. The van der Waals surface area contributed by atoms with Gasteiger partial charge in [0, 0.05) is 23.9 Å². The summed E-state index contributed by atoms with van der Waals surface area (Å²) in [6.07, 6.45) is 2.72. The summed E-state index contributed by atoms with van der Waals surface area (Å²) in [6, 6.07) is 24.4. The van der Waals surface area contributed by atoms with Crippen molar-refractivity contribution in [1.29, 1.82) is 0 Å². The molecule has 218 valence electrons. The van der Waals surface area contributed by atoms with Gasteiger partial charge in [-0.05, 0) is 49.4 Å². The lowest BCUT2D eigenvalue weighted by atomic mass is 9.72. The number of rotatable bonds is 8. The van der Waals surface area contributed by atoms with Crippen LogP contribution in [0.1, 0.15) is 37.8 Å². The molecule has 0 bridgehead atoms. The maximum absolute atomic E-state index is 13.4. The highest BCUT2D eigenvalue weighted by Crippen LogP contribution is 2.54. The predicted molar refractivity (Wildman–Crippen MR) is 164 cm³/mol. The van der Waals surface area contributed by atoms with Gasteiger partial charge in [-0.3, -0.25) is 9.59 Å². The number of hydrogen-bond donors (Lipinski definition) is 2. The fourth-order valence-corrected chi connectivity index (χ4v) is 8.01. The van der Waals surface area contributed by atoms with E-state index in [1.165, 1.54) is 23.5 Å². The standard InChI is InChI=1S/C32H33N3O5S2/c1-31(2,3)40-30(39)34-25-27(36)35-20-32(29(37)38,17-19-41-23-16-10-11-18-33-23)26(42-28(25)35)24(21-12-6-4-7-13-21)22-14-8-5-9-15-22/h4-19,24-26,28H,20H2,1-3H3,(H,34,39)(H,37,38)/t25?,26?,28-,32?/m1/s1. The molecule has 0 spiro atoms. The number of β-lactam (4-membered cyclic amide) rings is 1. The third-order valence-corrected chi connectivity index (χ3v) is 9.80. The van der Waals surface area contributed by atoms with Crippen LogP contribution in [0.2, 0.25) is 0 Å². The molecular formula is C32H33N3O5S2. The van der Waals surface area contributed by atoms with Crippen LogP contribution in [0.15, 0.2) is 102 Å². The maximum atomic E-state index is 13.4. The monoisotopic (exact) mass is 603 g/mol. The molecule has 5 rings (SSSR count). The number of amides is 2. The van der Waals surface area contributed by atoms with Gasteiger partial charge in [-0.15, -0.1) is 11.8 Å². The normalized spacial score (nSPS) is 23.8. The third-order valence-electron chi connectivity index (χ3n) is 7.25. The van der Waals surface area contributed by atoms with Crippen LogP contribution in [0.3, 0.4) is 0 Å². The molecule has 4 atom stereocenters. The van der Waals surface area contributed by atoms with Gasteiger partial charge in [0.1, 0.15) is 27.5 Å². The molecule has 0 radical (unpaired) electrons. The number of aromatic nitrogens is 1. The summed E-state index contributed by atoms with van der Waals surface area (Å²) in [5, 5.41) is 15.2. The molecule has 42 heavy (non-hydrogen) atoms. The number of benzene rings is 2. The molecule has 2 saturated heterocycles. The number of fused-ring (bicyclic) bond motifs is 1. The van der Waals surface area contributed by atoms with E-state index in [1.807, 2.05) is 78.9 Å². The van der Waals surface area contributed by atoms with Crippen molar-refractivity contribution in [3.05, 3.63) is 108 Å². The molecule has 0 saturated carbocycles. The van der Waals surface area contributed by atoms with Gasteiger partial charge in [0.25, 0.3) is 0 Å². The summed E-state index contributed by atoms with van der Waals surface area (Å²) >= 11 is 2.74. The Kier molecular flexibility index (Phi) is 8.65. The van der Waals surface area contributed by atoms with Crippen molar-refractivity contribution in [1.82, 2.24) is 15.2 Å². The summed E-state index contributed by atoms with van der Waals surface area (Å²) in [5.74, 6) is -1.67. The average molecular weight is 604 g/mol. The fourth-order valence-electron chi connectivity index (χ4n) is 5.34. The van der Waals surface area contributed by atoms with Gasteiger partial charge >= 0.3 is 12.1 Å². The van der Waals surface area contributed by atoms with Gasteiger partial charge in [0.15, 0.2) is 0 Å². The molecule has 2 aliphatic rings. The summed E-state index contributed by atoms with van der Waals surface area (Å²) < 4.78 is 5.42. The van der Waals surface area contributed by atoms with Crippen molar-refractivity contribution in [2.24, 2.45) is 5.41 Å². The second-order valence-corrected chi connectivity index (χ2v) is 13.5. The number of hydrogen-bond acceptors (Lipinski definition) is 7. The fraction of sp³-hybridized carbons (Fsp3) is 0.312. The van der Waals surface area contributed by atoms with Crippen LogP contribution in [0.4, 0.5) is 4.79 Å². The summed E-state index contributed by atoms with van der Waals surface area (Å²) in [5.41, 5.74) is -0.230. The number of carboxylic acid groups (broad SMARTS) is 1.